The first-order chi connectivity index (χ1) is 13.9. The average Bonchev–Trinajstić information content (AvgIpc) is 3.10. The Kier molecular flexibility index (Phi) is 6.92. The Morgan fingerprint density at radius 2 is 1.83 bits per heavy atom. The largest absolute Gasteiger partial charge is 0.342 e. The summed E-state index contributed by atoms with van der Waals surface area (Å²) in [7, 11) is 0. The molecule has 0 aliphatic carbocycles. The number of nitrogens with zero attached hydrogens (tertiary/aromatic N) is 5. The molecular formula is C21H28ClN5O2. The smallest absolute Gasteiger partial charge is 0.257 e. The van der Waals surface area contributed by atoms with E-state index in [0.717, 1.165) is 24.5 Å². The molecule has 1 saturated heterocycles. The molecule has 0 atom stereocenters. The van der Waals surface area contributed by atoms with Crippen molar-refractivity contribution < 1.29 is 9.59 Å². The summed E-state index contributed by atoms with van der Waals surface area (Å²) in [6.45, 7) is 10.3. The molecule has 8 heteroatoms. The van der Waals surface area contributed by atoms with Crippen LogP contribution in [0, 0.1) is 6.92 Å². The minimum atomic E-state index is -0.0227. The number of carbonyl (C=O) groups excluding carboxylic acids is 2. The predicted molar refractivity (Wildman–Crippen MR) is 114 cm³/mol. The van der Waals surface area contributed by atoms with Gasteiger partial charge in [0.1, 0.15) is 0 Å². The van der Waals surface area contributed by atoms with Crippen LogP contribution in [0.15, 0.2) is 30.5 Å². The highest BCUT2D eigenvalue weighted by Crippen LogP contribution is 2.19. The van der Waals surface area contributed by atoms with Crippen molar-refractivity contribution in [3.05, 3.63) is 46.7 Å². The summed E-state index contributed by atoms with van der Waals surface area (Å²) in [4.78, 5) is 31.1. The molecule has 0 N–H and O–H groups in total. The molecule has 3 rings (SSSR count). The predicted octanol–water partition coefficient (Wildman–Crippen LogP) is 2.46. The molecular weight excluding hydrogens is 390 g/mol. The van der Waals surface area contributed by atoms with Gasteiger partial charge in [0.05, 0.1) is 29.7 Å². The van der Waals surface area contributed by atoms with Crippen molar-refractivity contribution in [3.63, 3.8) is 0 Å². The van der Waals surface area contributed by atoms with E-state index in [9.17, 15) is 9.59 Å². The summed E-state index contributed by atoms with van der Waals surface area (Å²) in [5.74, 6) is 0.124. The van der Waals surface area contributed by atoms with Crippen LogP contribution in [0.3, 0.4) is 0 Å². The number of hydrogen-bond donors (Lipinski definition) is 0. The molecule has 0 radical (unpaired) electrons. The van der Waals surface area contributed by atoms with Crippen LogP contribution in [-0.4, -0.2) is 82.1 Å². The van der Waals surface area contributed by atoms with E-state index in [1.807, 2.05) is 48.8 Å². The van der Waals surface area contributed by atoms with Gasteiger partial charge in [0.25, 0.3) is 5.91 Å². The fourth-order valence-electron chi connectivity index (χ4n) is 3.63. The Morgan fingerprint density at radius 1 is 1.14 bits per heavy atom. The fourth-order valence-corrected chi connectivity index (χ4v) is 3.82. The molecule has 0 bridgehead atoms. The summed E-state index contributed by atoms with van der Waals surface area (Å²) in [6.07, 6.45) is 1.62. The van der Waals surface area contributed by atoms with E-state index in [1.165, 1.54) is 0 Å². The van der Waals surface area contributed by atoms with Gasteiger partial charge in [-0.1, -0.05) is 17.7 Å². The zero-order chi connectivity index (χ0) is 21.0. The Bertz CT molecular complexity index is 870. The van der Waals surface area contributed by atoms with Crippen molar-refractivity contribution in [2.24, 2.45) is 0 Å². The monoisotopic (exact) mass is 417 g/mol. The maximum atomic E-state index is 13.0. The lowest BCUT2D eigenvalue weighted by atomic mass is 10.2. The Balaban J connectivity index is 1.62. The summed E-state index contributed by atoms with van der Waals surface area (Å²) in [6, 6.07) is 7.40. The minimum absolute atomic E-state index is 0.0227. The van der Waals surface area contributed by atoms with Crippen molar-refractivity contribution in [2.45, 2.75) is 20.8 Å². The van der Waals surface area contributed by atoms with Crippen LogP contribution in [0.25, 0.3) is 5.69 Å². The molecule has 0 saturated carbocycles. The van der Waals surface area contributed by atoms with Crippen LogP contribution >= 0.6 is 11.6 Å². The second-order valence-corrected chi connectivity index (χ2v) is 7.61. The quantitative estimate of drug-likeness (QED) is 0.724. The first-order valence-corrected chi connectivity index (χ1v) is 10.4. The molecule has 0 unspecified atom stereocenters. The van der Waals surface area contributed by atoms with Gasteiger partial charge in [-0.3, -0.25) is 14.5 Å². The summed E-state index contributed by atoms with van der Waals surface area (Å²) in [5, 5.41) is 5.01. The Hall–Kier alpha value is -2.38. The zero-order valence-corrected chi connectivity index (χ0v) is 18.0. The molecule has 2 amide bonds. The average molecular weight is 418 g/mol. The summed E-state index contributed by atoms with van der Waals surface area (Å²) >= 11 is 6.08. The van der Waals surface area contributed by atoms with E-state index in [4.69, 9.17) is 11.6 Å². The molecule has 2 aromatic rings. The molecule has 1 aliphatic rings. The lowest BCUT2D eigenvalue weighted by Crippen LogP contribution is -2.51. The summed E-state index contributed by atoms with van der Waals surface area (Å²) in [5.41, 5.74) is 2.21. The standard InChI is InChI=1S/C21H28ClN5O2/c1-4-25(5-2)20(28)15-24-9-11-26(12-10-24)21(29)19-14-23-27(16(19)3)18-8-6-7-17(22)13-18/h6-8,13-14H,4-5,9-12,15H2,1-3H3. The number of benzene rings is 1. The topological polar surface area (TPSA) is 61.7 Å². The van der Waals surface area contributed by atoms with E-state index in [-0.39, 0.29) is 11.8 Å². The first kappa shape index (κ1) is 21.3. The normalized spacial score (nSPS) is 14.8. The Labute approximate surface area is 176 Å². The number of carbonyl (C=O) groups is 2. The maximum absolute atomic E-state index is 13.0. The number of rotatable bonds is 6. The Morgan fingerprint density at radius 3 is 2.45 bits per heavy atom. The van der Waals surface area contributed by atoms with Crippen LogP contribution in [0.1, 0.15) is 29.9 Å². The second kappa shape index (κ2) is 9.41. The molecule has 29 heavy (non-hydrogen) atoms. The molecule has 0 spiro atoms. The van der Waals surface area contributed by atoms with E-state index in [0.29, 0.717) is 43.3 Å². The van der Waals surface area contributed by atoms with E-state index in [1.54, 1.807) is 16.9 Å². The molecule has 2 heterocycles. The number of halogens is 1. The SMILES string of the molecule is CCN(CC)C(=O)CN1CCN(C(=O)c2cnn(-c3cccc(Cl)c3)c2C)CC1. The van der Waals surface area contributed by atoms with Gasteiger partial charge in [0.2, 0.25) is 5.91 Å². The van der Waals surface area contributed by atoms with E-state index in [2.05, 4.69) is 10.00 Å². The van der Waals surface area contributed by atoms with Crippen molar-refractivity contribution >= 4 is 23.4 Å². The van der Waals surface area contributed by atoms with Crippen LogP contribution in [0.2, 0.25) is 5.02 Å². The van der Waals surface area contributed by atoms with Crippen LogP contribution in [0.5, 0.6) is 0 Å². The number of hydrogen-bond acceptors (Lipinski definition) is 4. The maximum Gasteiger partial charge on any atom is 0.257 e. The van der Waals surface area contributed by atoms with E-state index < -0.39 is 0 Å². The highest BCUT2D eigenvalue weighted by Gasteiger charge is 2.26. The number of aromatic nitrogens is 2. The van der Waals surface area contributed by atoms with Gasteiger partial charge >= 0.3 is 0 Å². The third-order valence-electron chi connectivity index (χ3n) is 5.43. The number of likely N-dealkylation sites (N-methyl/N-ethyl adjacent to an activating group) is 1. The van der Waals surface area contributed by atoms with Crippen molar-refractivity contribution in [1.29, 1.82) is 0 Å². The van der Waals surface area contributed by atoms with Crippen molar-refractivity contribution in [2.75, 3.05) is 45.8 Å². The number of amides is 2. The minimum Gasteiger partial charge on any atom is -0.342 e. The van der Waals surface area contributed by atoms with Gasteiger partial charge < -0.3 is 9.80 Å². The van der Waals surface area contributed by atoms with Crippen LogP contribution < -0.4 is 0 Å². The first-order valence-electron chi connectivity index (χ1n) is 10.0. The third-order valence-corrected chi connectivity index (χ3v) is 5.66. The fraction of sp³-hybridized carbons (Fsp3) is 0.476. The van der Waals surface area contributed by atoms with Gasteiger partial charge in [-0.2, -0.15) is 5.10 Å². The molecule has 1 aliphatic heterocycles. The van der Waals surface area contributed by atoms with Gasteiger partial charge in [-0.25, -0.2) is 4.68 Å². The molecule has 1 aromatic carbocycles. The van der Waals surface area contributed by atoms with Crippen LogP contribution in [-0.2, 0) is 4.79 Å². The van der Waals surface area contributed by atoms with Crippen molar-refractivity contribution in [3.8, 4) is 5.69 Å². The van der Waals surface area contributed by atoms with Gasteiger partial charge in [-0.05, 0) is 39.0 Å². The zero-order valence-electron chi connectivity index (χ0n) is 17.3. The molecule has 156 valence electrons. The highest BCUT2D eigenvalue weighted by atomic mass is 35.5. The lowest BCUT2D eigenvalue weighted by molar-refractivity contribution is -0.132. The second-order valence-electron chi connectivity index (χ2n) is 7.17. The highest BCUT2D eigenvalue weighted by molar-refractivity contribution is 6.30. The van der Waals surface area contributed by atoms with Gasteiger partial charge in [-0.15, -0.1) is 0 Å². The lowest BCUT2D eigenvalue weighted by Gasteiger charge is -2.35. The molecule has 1 fully saturated rings. The van der Waals surface area contributed by atoms with Gasteiger partial charge in [0.15, 0.2) is 0 Å². The molecule has 7 nitrogen and oxygen atoms in total. The number of piperazine rings is 1. The van der Waals surface area contributed by atoms with E-state index >= 15 is 0 Å². The third kappa shape index (κ3) is 4.79. The molecule has 1 aromatic heterocycles. The van der Waals surface area contributed by atoms with Gasteiger partial charge in [0, 0.05) is 44.3 Å². The van der Waals surface area contributed by atoms with Crippen molar-refractivity contribution in [1.82, 2.24) is 24.5 Å². The summed E-state index contributed by atoms with van der Waals surface area (Å²) < 4.78 is 1.73. The van der Waals surface area contributed by atoms with Crippen LogP contribution in [0.4, 0.5) is 0 Å².